The largest absolute Gasteiger partial charge is 0.418 e. The second kappa shape index (κ2) is 9.22. The lowest BCUT2D eigenvalue weighted by Gasteiger charge is -2.41. The monoisotopic (exact) mass is 551 g/mol. The summed E-state index contributed by atoms with van der Waals surface area (Å²) < 4.78 is 40.9. The number of nitrogens with two attached hydrogens (primary N) is 1. The molecule has 8 nitrogen and oxygen atoms in total. The average Bonchev–Trinajstić information content (AvgIpc) is 3.41. The minimum atomic E-state index is -4.76. The quantitative estimate of drug-likeness (QED) is 0.397. The van der Waals surface area contributed by atoms with Crippen molar-refractivity contribution in [1.82, 2.24) is 14.6 Å². The Morgan fingerprint density at radius 2 is 1.77 bits per heavy atom. The number of aromatic nitrogens is 2. The number of benzene rings is 2. The topological polar surface area (TPSA) is 105 Å². The van der Waals surface area contributed by atoms with E-state index in [0.717, 1.165) is 41.1 Å². The number of amides is 2. The van der Waals surface area contributed by atoms with Crippen LogP contribution >= 0.6 is 0 Å². The van der Waals surface area contributed by atoms with Crippen LogP contribution in [0, 0.1) is 5.41 Å². The summed E-state index contributed by atoms with van der Waals surface area (Å²) in [5.74, 6) is -0.499. The van der Waals surface area contributed by atoms with Crippen molar-refractivity contribution < 1.29 is 27.9 Å². The first kappa shape index (κ1) is 26.1. The fourth-order valence-corrected chi connectivity index (χ4v) is 6.29. The Labute approximate surface area is 227 Å². The maximum Gasteiger partial charge on any atom is 0.418 e. The molecule has 2 fully saturated rings. The van der Waals surface area contributed by atoms with Gasteiger partial charge in [0, 0.05) is 49.8 Å². The number of carbonyl (C=O) groups excluding carboxylic acids is 2. The highest BCUT2D eigenvalue weighted by atomic mass is 19.4. The molecule has 2 aliphatic rings. The molecule has 0 saturated carbocycles. The number of aliphatic hydroxyl groups is 1. The number of aliphatic hydroxyl groups excluding tert-OH is 1. The molecule has 0 bridgehead atoms. The molecule has 11 heteroatoms. The fourth-order valence-electron chi connectivity index (χ4n) is 6.29. The number of alkyl halides is 3. The van der Waals surface area contributed by atoms with E-state index in [1.165, 1.54) is 30.5 Å². The van der Waals surface area contributed by atoms with Crippen molar-refractivity contribution >= 4 is 33.6 Å². The first-order valence-electron chi connectivity index (χ1n) is 13.1. The van der Waals surface area contributed by atoms with E-state index in [4.69, 9.17) is 5.73 Å². The van der Waals surface area contributed by atoms with Gasteiger partial charge in [-0.05, 0) is 42.0 Å². The van der Waals surface area contributed by atoms with Crippen molar-refractivity contribution in [3.8, 4) is 11.1 Å². The lowest BCUT2D eigenvalue weighted by atomic mass is 9.79. The maximum atomic E-state index is 13.2. The Balaban J connectivity index is 1.51. The van der Waals surface area contributed by atoms with Crippen molar-refractivity contribution in [1.29, 1.82) is 0 Å². The molecule has 1 unspecified atom stereocenters. The molecule has 6 rings (SSSR count). The number of hydrogen-bond acceptors (Lipinski definition) is 5. The zero-order chi connectivity index (χ0) is 28.4. The molecule has 3 N–H and O–H groups in total. The number of likely N-dealkylation sites (tertiary alicyclic amines) is 1. The third-order valence-electron chi connectivity index (χ3n) is 8.35. The Morgan fingerprint density at radius 1 is 1.05 bits per heavy atom. The molecule has 1 spiro atoms. The predicted octanol–water partition coefficient (Wildman–Crippen LogP) is 4.13. The van der Waals surface area contributed by atoms with Gasteiger partial charge >= 0.3 is 6.18 Å². The summed E-state index contributed by atoms with van der Waals surface area (Å²) in [6.07, 6.45) is -1.86. The van der Waals surface area contributed by atoms with Crippen molar-refractivity contribution in [3.63, 3.8) is 0 Å². The Morgan fingerprint density at radius 3 is 2.42 bits per heavy atom. The van der Waals surface area contributed by atoms with Crippen LogP contribution in [0.1, 0.15) is 41.3 Å². The van der Waals surface area contributed by atoms with Gasteiger partial charge in [0.25, 0.3) is 5.91 Å². The van der Waals surface area contributed by atoms with Crippen LogP contribution in [-0.4, -0.2) is 64.3 Å². The van der Waals surface area contributed by atoms with Crippen LogP contribution in [0.3, 0.4) is 0 Å². The number of fused-ring (bicyclic) bond motifs is 3. The van der Waals surface area contributed by atoms with E-state index in [9.17, 15) is 27.9 Å². The van der Waals surface area contributed by atoms with E-state index in [1.807, 2.05) is 29.9 Å². The zero-order valence-electron chi connectivity index (χ0n) is 21.8. The van der Waals surface area contributed by atoms with Crippen molar-refractivity contribution in [2.24, 2.45) is 11.1 Å². The molecule has 208 valence electrons. The molecular weight excluding hydrogens is 523 g/mol. The van der Waals surface area contributed by atoms with Gasteiger partial charge in [-0.1, -0.05) is 36.4 Å². The number of piperidine rings is 1. The molecule has 2 atom stereocenters. The first-order chi connectivity index (χ1) is 19.0. The number of rotatable bonds is 4. The average molecular weight is 552 g/mol. The number of primary amides is 1. The van der Waals surface area contributed by atoms with E-state index >= 15 is 0 Å². The summed E-state index contributed by atoms with van der Waals surface area (Å²) >= 11 is 0. The van der Waals surface area contributed by atoms with E-state index in [-0.39, 0.29) is 17.0 Å². The van der Waals surface area contributed by atoms with Crippen LogP contribution in [0.2, 0.25) is 0 Å². The van der Waals surface area contributed by atoms with E-state index in [1.54, 1.807) is 11.1 Å². The number of halogens is 3. The number of hydrogen-bond donors (Lipinski definition) is 2. The van der Waals surface area contributed by atoms with Crippen LogP contribution in [-0.2, 0) is 4.79 Å². The molecule has 0 aliphatic carbocycles. The van der Waals surface area contributed by atoms with Crippen LogP contribution in [0.4, 0.5) is 13.2 Å². The van der Waals surface area contributed by atoms with Gasteiger partial charge < -0.3 is 20.7 Å². The third-order valence-corrected chi connectivity index (χ3v) is 8.35. The van der Waals surface area contributed by atoms with Crippen LogP contribution in [0.15, 0.2) is 54.9 Å². The highest BCUT2D eigenvalue weighted by Crippen LogP contribution is 2.41. The minimum absolute atomic E-state index is 0.122. The van der Waals surface area contributed by atoms with Gasteiger partial charge in [-0.3, -0.25) is 19.2 Å². The highest BCUT2D eigenvalue weighted by Gasteiger charge is 2.48. The zero-order valence-corrected chi connectivity index (χ0v) is 21.8. The van der Waals surface area contributed by atoms with Crippen molar-refractivity contribution in [3.05, 3.63) is 66.0 Å². The molecule has 2 aliphatic heterocycles. The maximum absolute atomic E-state index is 13.2. The number of carbonyl (C=O) groups is 2. The normalized spacial score (nSPS) is 20.7. The van der Waals surface area contributed by atoms with Crippen LogP contribution in [0.5, 0.6) is 0 Å². The van der Waals surface area contributed by atoms with Gasteiger partial charge in [0.15, 0.2) is 6.10 Å². The molecule has 2 saturated heterocycles. The standard InChI is InChI=1S/C29H28F3N5O3/c1-35-12-10-28(27(35)40)9-2-11-36(16-28)37-23-13-19(17-3-5-18(6-4-17)25(38)29(30,31)32)7-8-20(23)21-14-34-15-22(24(21)37)26(33)39/h3-8,13-15,25,38H,2,9-12,16H2,1H3,(H2,33,39)/t25?,28-/m1/s1. The number of pyridine rings is 1. The molecule has 40 heavy (non-hydrogen) atoms. The highest BCUT2D eigenvalue weighted by molar-refractivity contribution is 6.15. The van der Waals surface area contributed by atoms with Crippen molar-refractivity contribution in [2.45, 2.75) is 31.5 Å². The molecule has 0 radical (unpaired) electrons. The second-order valence-electron chi connectivity index (χ2n) is 10.8. The summed E-state index contributed by atoms with van der Waals surface area (Å²) in [7, 11) is 1.82. The summed E-state index contributed by atoms with van der Waals surface area (Å²) in [5.41, 5.74) is 8.05. The van der Waals surface area contributed by atoms with Crippen molar-refractivity contribution in [2.75, 3.05) is 31.7 Å². The Bertz CT molecular complexity index is 1640. The minimum Gasteiger partial charge on any atom is -0.379 e. The molecule has 2 aromatic carbocycles. The molecule has 4 heterocycles. The van der Waals surface area contributed by atoms with E-state index in [0.29, 0.717) is 30.7 Å². The number of nitrogens with zero attached hydrogens (tertiary/aromatic N) is 4. The summed E-state index contributed by atoms with van der Waals surface area (Å²) in [5, 5.41) is 13.3. The van der Waals surface area contributed by atoms with Gasteiger partial charge in [-0.2, -0.15) is 13.2 Å². The summed E-state index contributed by atoms with van der Waals surface area (Å²) in [6, 6.07) is 11.3. The van der Waals surface area contributed by atoms with E-state index in [2.05, 4.69) is 9.99 Å². The fraction of sp³-hybridized carbons (Fsp3) is 0.345. The summed E-state index contributed by atoms with van der Waals surface area (Å²) in [6.45, 7) is 1.83. The van der Waals surface area contributed by atoms with Gasteiger partial charge in [-0.25, -0.2) is 0 Å². The van der Waals surface area contributed by atoms with Gasteiger partial charge in [-0.15, -0.1) is 0 Å². The lowest BCUT2D eigenvalue weighted by molar-refractivity contribution is -0.206. The molecule has 4 aromatic rings. The Hall–Kier alpha value is -4.12. The first-order valence-corrected chi connectivity index (χ1v) is 13.1. The Kier molecular flexibility index (Phi) is 6.02. The summed E-state index contributed by atoms with van der Waals surface area (Å²) in [4.78, 5) is 31.7. The second-order valence-corrected chi connectivity index (χ2v) is 10.8. The predicted molar refractivity (Wildman–Crippen MR) is 144 cm³/mol. The molecule has 2 amide bonds. The van der Waals surface area contributed by atoms with Crippen LogP contribution in [0.25, 0.3) is 32.9 Å². The SMILES string of the molecule is CN1CC[C@@]2(CCCN(n3c4cc(-c5ccc(C(O)C(F)(F)F)cc5)ccc4c4cncc(C(N)=O)c43)C2)C1=O. The molecular formula is C29H28F3N5O3. The molecule has 2 aromatic heterocycles. The van der Waals surface area contributed by atoms with Gasteiger partial charge in [0.1, 0.15) is 0 Å². The van der Waals surface area contributed by atoms with Crippen LogP contribution < -0.4 is 10.7 Å². The third kappa shape index (κ3) is 4.07. The van der Waals surface area contributed by atoms with E-state index < -0.39 is 23.6 Å². The van der Waals surface area contributed by atoms with Gasteiger partial charge in [0.05, 0.1) is 22.0 Å². The van der Waals surface area contributed by atoms with Gasteiger partial charge in [0.2, 0.25) is 5.91 Å². The smallest absolute Gasteiger partial charge is 0.379 e. The lowest BCUT2D eigenvalue weighted by Crippen LogP contribution is -2.51.